The number of hydrogen-bond donors (Lipinski definition) is 1. The van der Waals surface area contributed by atoms with Gasteiger partial charge in [-0.25, -0.2) is 0 Å². The van der Waals surface area contributed by atoms with Crippen LogP contribution in [0, 0.1) is 5.92 Å². The van der Waals surface area contributed by atoms with Crippen LogP contribution >= 0.6 is 0 Å². The minimum absolute atomic E-state index is 0.225. The molecule has 0 saturated heterocycles. The number of ether oxygens (including phenoxy) is 2. The van der Waals surface area contributed by atoms with Gasteiger partial charge in [0.25, 0.3) is 0 Å². The molecule has 1 atom stereocenters. The van der Waals surface area contributed by atoms with Gasteiger partial charge >= 0.3 is 0 Å². The molecule has 1 aromatic carbocycles. The summed E-state index contributed by atoms with van der Waals surface area (Å²) in [5, 5.41) is 3.38. The fourth-order valence-corrected chi connectivity index (χ4v) is 1.56. The van der Waals surface area contributed by atoms with Gasteiger partial charge in [-0.05, 0) is 31.5 Å². The maximum Gasteiger partial charge on any atom is 0.119 e. The lowest BCUT2D eigenvalue weighted by atomic mass is 10.2. The summed E-state index contributed by atoms with van der Waals surface area (Å²) in [4.78, 5) is 0. The molecule has 0 heterocycles. The fourth-order valence-electron chi connectivity index (χ4n) is 1.56. The van der Waals surface area contributed by atoms with E-state index in [2.05, 4.69) is 26.1 Å². The Balaban J connectivity index is 2.00. The number of hydrogen-bond acceptors (Lipinski definition) is 3. The Kier molecular flexibility index (Phi) is 7.46. The normalized spacial score (nSPS) is 12.7. The first-order chi connectivity index (χ1) is 8.68. The van der Waals surface area contributed by atoms with Gasteiger partial charge in [0.1, 0.15) is 12.4 Å². The number of rotatable bonds is 9. The van der Waals surface area contributed by atoms with Gasteiger partial charge in [0.05, 0.1) is 12.7 Å². The van der Waals surface area contributed by atoms with Crippen molar-refractivity contribution in [2.24, 2.45) is 5.92 Å². The van der Waals surface area contributed by atoms with Crippen LogP contribution in [0.2, 0.25) is 0 Å². The van der Waals surface area contributed by atoms with E-state index in [0.717, 1.165) is 18.8 Å². The SMILES string of the molecule is CC(C)CNCC(C)OCCOc1ccccc1. The largest absolute Gasteiger partial charge is 0.491 e. The minimum atomic E-state index is 0.225. The monoisotopic (exact) mass is 251 g/mol. The smallest absolute Gasteiger partial charge is 0.119 e. The summed E-state index contributed by atoms with van der Waals surface area (Å²) in [6.45, 7) is 9.63. The molecule has 0 bridgehead atoms. The molecule has 1 unspecified atom stereocenters. The van der Waals surface area contributed by atoms with E-state index in [1.165, 1.54) is 0 Å². The summed E-state index contributed by atoms with van der Waals surface area (Å²) in [5.41, 5.74) is 0. The standard InChI is InChI=1S/C15H25NO2/c1-13(2)11-16-12-14(3)17-9-10-18-15-7-5-4-6-8-15/h4-8,13-14,16H,9-12H2,1-3H3. The molecule has 0 saturated carbocycles. The van der Waals surface area contributed by atoms with Crippen LogP contribution in [0.15, 0.2) is 30.3 Å². The van der Waals surface area contributed by atoms with Crippen molar-refractivity contribution < 1.29 is 9.47 Å². The van der Waals surface area contributed by atoms with Crippen LogP contribution in [-0.2, 0) is 4.74 Å². The van der Waals surface area contributed by atoms with Crippen LogP contribution in [-0.4, -0.2) is 32.4 Å². The third-order valence-electron chi connectivity index (χ3n) is 2.48. The van der Waals surface area contributed by atoms with Crippen LogP contribution in [0.3, 0.4) is 0 Å². The molecule has 3 heteroatoms. The first-order valence-electron chi connectivity index (χ1n) is 6.68. The highest BCUT2D eigenvalue weighted by atomic mass is 16.5. The van der Waals surface area contributed by atoms with Gasteiger partial charge < -0.3 is 14.8 Å². The van der Waals surface area contributed by atoms with Crippen molar-refractivity contribution in [1.82, 2.24) is 5.32 Å². The van der Waals surface area contributed by atoms with Crippen LogP contribution in [0.4, 0.5) is 0 Å². The highest BCUT2D eigenvalue weighted by molar-refractivity contribution is 5.20. The van der Waals surface area contributed by atoms with Gasteiger partial charge in [-0.1, -0.05) is 32.0 Å². The van der Waals surface area contributed by atoms with Crippen molar-refractivity contribution in [3.63, 3.8) is 0 Å². The van der Waals surface area contributed by atoms with E-state index in [1.807, 2.05) is 30.3 Å². The molecule has 102 valence electrons. The van der Waals surface area contributed by atoms with E-state index in [9.17, 15) is 0 Å². The maximum atomic E-state index is 5.66. The van der Waals surface area contributed by atoms with E-state index in [-0.39, 0.29) is 6.10 Å². The molecule has 1 rings (SSSR count). The van der Waals surface area contributed by atoms with Gasteiger partial charge in [0, 0.05) is 6.54 Å². The molecular formula is C15H25NO2. The Morgan fingerprint density at radius 2 is 1.72 bits per heavy atom. The van der Waals surface area contributed by atoms with Crippen molar-refractivity contribution in [3.8, 4) is 5.75 Å². The molecule has 0 aliphatic carbocycles. The molecule has 0 aromatic heterocycles. The molecule has 1 aromatic rings. The summed E-state index contributed by atoms with van der Waals surface area (Å²) in [6.07, 6.45) is 0.225. The fraction of sp³-hybridized carbons (Fsp3) is 0.600. The highest BCUT2D eigenvalue weighted by Gasteiger charge is 2.02. The predicted octanol–water partition coefficient (Wildman–Crippen LogP) is 2.72. The summed E-state index contributed by atoms with van der Waals surface area (Å²) in [7, 11) is 0. The Morgan fingerprint density at radius 3 is 2.39 bits per heavy atom. The van der Waals surface area contributed by atoms with Gasteiger partial charge in [0.2, 0.25) is 0 Å². The third kappa shape index (κ3) is 7.30. The van der Waals surface area contributed by atoms with Gasteiger partial charge in [0.15, 0.2) is 0 Å². The Bertz CT molecular complexity index is 301. The zero-order valence-electron chi connectivity index (χ0n) is 11.7. The Hall–Kier alpha value is -1.06. The number of para-hydroxylation sites is 1. The van der Waals surface area contributed by atoms with Crippen molar-refractivity contribution in [2.75, 3.05) is 26.3 Å². The van der Waals surface area contributed by atoms with Gasteiger partial charge in [-0.2, -0.15) is 0 Å². The third-order valence-corrected chi connectivity index (χ3v) is 2.48. The first-order valence-corrected chi connectivity index (χ1v) is 6.68. The second-order valence-electron chi connectivity index (χ2n) is 4.90. The molecule has 3 nitrogen and oxygen atoms in total. The topological polar surface area (TPSA) is 30.5 Å². The van der Waals surface area contributed by atoms with Gasteiger partial charge in [-0.3, -0.25) is 0 Å². The number of benzene rings is 1. The lowest BCUT2D eigenvalue weighted by molar-refractivity contribution is 0.0445. The second-order valence-corrected chi connectivity index (χ2v) is 4.90. The zero-order chi connectivity index (χ0) is 13.2. The van der Waals surface area contributed by atoms with Crippen molar-refractivity contribution in [3.05, 3.63) is 30.3 Å². The minimum Gasteiger partial charge on any atom is -0.491 e. The Morgan fingerprint density at radius 1 is 1.00 bits per heavy atom. The van der Waals surface area contributed by atoms with Crippen molar-refractivity contribution in [2.45, 2.75) is 26.9 Å². The van der Waals surface area contributed by atoms with E-state index in [4.69, 9.17) is 9.47 Å². The van der Waals surface area contributed by atoms with E-state index >= 15 is 0 Å². The zero-order valence-corrected chi connectivity index (χ0v) is 11.7. The number of nitrogens with one attached hydrogen (secondary N) is 1. The van der Waals surface area contributed by atoms with E-state index < -0.39 is 0 Å². The summed E-state index contributed by atoms with van der Waals surface area (Å²) in [6, 6.07) is 9.82. The summed E-state index contributed by atoms with van der Waals surface area (Å²) in [5.74, 6) is 1.57. The molecule has 0 aliphatic heterocycles. The lowest BCUT2D eigenvalue weighted by Gasteiger charge is -2.15. The van der Waals surface area contributed by atoms with Crippen LogP contribution in [0.25, 0.3) is 0 Å². The maximum absolute atomic E-state index is 5.66. The van der Waals surface area contributed by atoms with Crippen molar-refractivity contribution >= 4 is 0 Å². The van der Waals surface area contributed by atoms with Crippen molar-refractivity contribution in [1.29, 1.82) is 0 Å². The van der Waals surface area contributed by atoms with Crippen LogP contribution < -0.4 is 10.1 Å². The average Bonchev–Trinajstić information content (AvgIpc) is 2.35. The Labute approximate surface area is 110 Å². The van der Waals surface area contributed by atoms with E-state index in [0.29, 0.717) is 19.1 Å². The van der Waals surface area contributed by atoms with Gasteiger partial charge in [-0.15, -0.1) is 0 Å². The highest BCUT2D eigenvalue weighted by Crippen LogP contribution is 2.07. The molecule has 0 aliphatic rings. The average molecular weight is 251 g/mol. The summed E-state index contributed by atoms with van der Waals surface area (Å²) < 4.78 is 11.2. The quantitative estimate of drug-likeness (QED) is 0.685. The molecule has 0 spiro atoms. The summed E-state index contributed by atoms with van der Waals surface area (Å²) >= 11 is 0. The predicted molar refractivity (Wildman–Crippen MR) is 75.1 cm³/mol. The van der Waals surface area contributed by atoms with Crippen LogP contribution in [0.1, 0.15) is 20.8 Å². The molecular weight excluding hydrogens is 226 g/mol. The molecule has 0 fully saturated rings. The molecule has 0 amide bonds. The molecule has 0 radical (unpaired) electrons. The van der Waals surface area contributed by atoms with Crippen LogP contribution in [0.5, 0.6) is 5.75 Å². The van der Waals surface area contributed by atoms with E-state index in [1.54, 1.807) is 0 Å². The second kappa shape index (κ2) is 8.95. The molecule has 18 heavy (non-hydrogen) atoms. The molecule has 1 N–H and O–H groups in total. The first kappa shape index (κ1) is 15.0. The lowest BCUT2D eigenvalue weighted by Crippen LogP contribution is -2.30.